The van der Waals surface area contributed by atoms with Crippen LogP contribution >= 0.6 is 0 Å². The molecule has 2 fully saturated rings. The van der Waals surface area contributed by atoms with E-state index < -0.39 is 0 Å². The summed E-state index contributed by atoms with van der Waals surface area (Å²) in [5.74, 6) is -0.215. The molecule has 19 heavy (non-hydrogen) atoms. The third-order valence-electron chi connectivity index (χ3n) is 4.35. The molecule has 0 aromatic heterocycles. The summed E-state index contributed by atoms with van der Waals surface area (Å²) in [5.41, 5.74) is 0. The van der Waals surface area contributed by atoms with Gasteiger partial charge in [0.1, 0.15) is 0 Å². The van der Waals surface area contributed by atoms with Crippen molar-refractivity contribution in [3.05, 3.63) is 0 Å². The Kier molecular flexibility index (Phi) is 4.80. The molecule has 5 nitrogen and oxygen atoms in total. The molecule has 0 spiro atoms. The van der Waals surface area contributed by atoms with E-state index in [-0.39, 0.29) is 30.4 Å². The minimum absolute atomic E-state index is 0.0464. The maximum Gasteiger partial charge on any atom is 0.225 e. The molecule has 2 aliphatic rings. The third kappa shape index (κ3) is 3.26. The van der Waals surface area contributed by atoms with Gasteiger partial charge < -0.3 is 15.3 Å². The van der Waals surface area contributed by atoms with E-state index in [4.69, 9.17) is 5.11 Å². The Hall–Kier alpha value is -1.10. The predicted octanol–water partition coefficient (Wildman–Crippen LogP) is 0.665. The van der Waals surface area contributed by atoms with Crippen LogP contribution in [-0.2, 0) is 9.59 Å². The monoisotopic (exact) mass is 268 g/mol. The van der Waals surface area contributed by atoms with Crippen molar-refractivity contribution in [2.75, 3.05) is 13.2 Å². The van der Waals surface area contributed by atoms with Gasteiger partial charge in [-0.2, -0.15) is 0 Å². The minimum atomic E-state index is -0.242. The average Bonchev–Trinajstić information content (AvgIpc) is 3.04. The number of nitrogens with zero attached hydrogens (tertiary/aromatic N) is 1. The molecule has 0 bridgehead atoms. The van der Waals surface area contributed by atoms with Gasteiger partial charge in [0.15, 0.2) is 0 Å². The van der Waals surface area contributed by atoms with Gasteiger partial charge in [-0.3, -0.25) is 9.59 Å². The van der Waals surface area contributed by atoms with E-state index in [1.54, 1.807) is 0 Å². The summed E-state index contributed by atoms with van der Waals surface area (Å²) in [6.45, 7) is 2.43. The molecule has 1 saturated carbocycles. The highest BCUT2D eigenvalue weighted by Gasteiger charge is 2.38. The van der Waals surface area contributed by atoms with Gasteiger partial charge in [0.25, 0.3) is 0 Å². The van der Waals surface area contributed by atoms with Crippen LogP contribution in [0.25, 0.3) is 0 Å². The number of aliphatic hydroxyl groups is 1. The van der Waals surface area contributed by atoms with Crippen LogP contribution in [0.15, 0.2) is 0 Å². The highest BCUT2D eigenvalue weighted by atomic mass is 16.3. The summed E-state index contributed by atoms with van der Waals surface area (Å²) in [6.07, 6.45) is 5.56. The maximum atomic E-state index is 12.1. The Balaban J connectivity index is 1.89. The molecule has 0 aromatic carbocycles. The standard InChI is InChI=1S/C14H24N2O3/c1-2-11(9-17)15-14(19)10-7-13(18)16(8-10)12-5-3-4-6-12/h10-12,17H,2-9H2,1H3,(H,15,19)/t10?,11-/m1/s1. The smallest absolute Gasteiger partial charge is 0.225 e. The van der Waals surface area contributed by atoms with Gasteiger partial charge in [0.05, 0.1) is 18.6 Å². The molecular formula is C14H24N2O3. The topological polar surface area (TPSA) is 69.6 Å². The van der Waals surface area contributed by atoms with Crippen molar-refractivity contribution in [3.8, 4) is 0 Å². The second kappa shape index (κ2) is 6.37. The number of carbonyl (C=O) groups excluding carboxylic acids is 2. The summed E-state index contributed by atoms with van der Waals surface area (Å²) < 4.78 is 0. The molecule has 108 valence electrons. The number of likely N-dealkylation sites (tertiary alicyclic amines) is 1. The van der Waals surface area contributed by atoms with Crippen LogP contribution in [0.2, 0.25) is 0 Å². The van der Waals surface area contributed by atoms with Gasteiger partial charge in [-0.1, -0.05) is 19.8 Å². The zero-order chi connectivity index (χ0) is 13.8. The number of amides is 2. The van der Waals surface area contributed by atoms with Gasteiger partial charge in [-0.15, -0.1) is 0 Å². The summed E-state index contributed by atoms with van der Waals surface area (Å²) in [5, 5.41) is 11.9. The summed E-state index contributed by atoms with van der Waals surface area (Å²) >= 11 is 0. The fourth-order valence-electron chi connectivity index (χ4n) is 3.07. The van der Waals surface area contributed by atoms with Crippen LogP contribution in [0.1, 0.15) is 45.4 Å². The SMILES string of the molecule is CC[C@H](CO)NC(=O)C1CC(=O)N(C2CCCC2)C1. The molecule has 2 atom stereocenters. The van der Waals surface area contributed by atoms with Crippen molar-refractivity contribution >= 4 is 11.8 Å². The predicted molar refractivity (Wildman–Crippen MR) is 71.4 cm³/mol. The highest BCUT2D eigenvalue weighted by molar-refractivity contribution is 5.89. The van der Waals surface area contributed by atoms with E-state index in [1.807, 2.05) is 11.8 Å². The van der Waals surface area contributed by atoms with Gasteiger partial charge in [0.2, 0.25) is 11.8 Å². The van der Waals surface area contributed by atoms with Crippen LogP contribution in [0.5, 0.6) is 0 Å². The Bertz CT molecular complexity index is 336. The van der Waals surface area contributed by atoms with Crippen molar-refractivity contribution in [1.29, 1.82) is 0 Å². The number of nitrogens with one attached hydrogen (secondary N) is 1. The summed E-state index contributed by atoms with van der Waals surface area (Å²) in [4.78, 5) is 26.0. The minimum Gasteiger partial charge on any atom is -0.394 e. The van der Waals surface area contributed by atoms with Gasteiger partial charge >= 0.3 is 0 Å². The molecule has 1 aliphatic heterocycles. The maximum absolute atomic E-state index is 12.1. The number of aliphatic hydroxyl groups excluding tert-OH is 1. The first kappa shape index (κ1) is 14.3. The van der Waals surface area contributed by atoms with Crippen LogP contribution in [0, 0.1) is 5.92 Å². The zero-order valence-electron chi connectivity index (χ0n) is 11.6. The van der Waals surface area contributed by atoms with E-state index in [2.05, 4.69) is 5.32 Å². The molecule has 2 amide bonds. The molecule has 1 aliphatic carbocycles. The normalized spacial score (nSPS) is 25.9. The van der Waals surface area contributed by atoms with Crippen LogP contribution < -0.4 is 5.32 Å². The molecular weight excluding hydrogens is 244 g/mol. The Morgan fingerprint density at radius 2 is 2.16 bits per heavy atom. The number of hydrogen-bond acceptors (Lipinski definition) is 3. The Morgan fingerprint density at radius 1 is 1.47 bits per heavy atom. The lowest BCUT2D eigenvalue weighted by molar-refractivity contribution is -0.130. The molecule has 1 saturated heterocycles. The summed E-state index contributed by atoms with van der Waals surface area (Å²) in [7, 11) is 0. The van der Waals surface area contributed by atoms with E-state index in [9.17, 15) is 9.59 Å². The molecule has 2 N–H and O–H groups in total. The largest absolute Gasteiger partial charge is 0.394 e. The molecule has 0 aromatic rings. The first-order chi connectivity index (χ1) is 9.15. The van der Waals surface area contributed by atoms with Crippen molar-refractivity contribution in [3.63, 3.8) is 0 Å². The third-order valence-corrected chi connectivity index (χ3v) is 4.35. The highest BCUT2D eigenvalue weighted by Crippen LogP contribution is 2.29. The van der Waals surface area contributed by atoms with Crippen molar-refractivity contribution < 1.29 is 14.7 Å². The lowest BCUT2D eigenvalue weighted by atomic mass is 10.1. The van der Waals surface area contributed by atoms with Gasteiger partial charge in [-0.05, 0) is 19.3 Å². The van der Waals surface area contributed by atoms with Gasteiger partial charge in [-0.25, -0.2) is 0 Å². The number of rotatable bonds is 5. The Labute approximate surface area is 114 Å². The lowest BCUT2D eigenvalue weighted by Gasteiger charge is -2.24. The number of carbonyl (C=O) groups is 2. The second-order valence-electron chi connectivity index (χ2n) is 5.68. The molecule has 5 heteroatoms. The van der Waals surface area contributed by atoms with E-state index >= 15 is 0 Å². The first-order valence-corrected chi connectivity index (χ1v) is 7.36. The van der Waals surface area contributed by atoms with Crippen molar-refractivity contribution in [2.24, 2.45) is 5.92 Å². The zero-order valence-corrected chi connectivity index (χ0v) is 11.6. The molecule has 0 radical (unpaired) electrons. The van der Waals surface area contributed by atoms with Crippen molar-refractivity contribution in [2.45, 2.75) is 57.5 Å². The lowest BCUT2D eigenvalue weighted by Crippen LogP contribution is -2.42. The van der Waals surface area contributed by atoms with Crippen LogP contribution in [0.4, 0.5) is 0 Å². The summed E-state index contributed by atoms with van der Waals surface area (Å²) in [6, 6.07) is 0.160. The second-order valence-corrected chi connectivity index (χ2v) is 5.68. The molecule has 1 unspecified atom stereocenters. The fourth-order valence-corrected chi connectivity index (χ4v) is 3.07. The van der Waals surface area contributed by atoms with E-state index in [0.717, 1.165) is 12.8 Å². The number of hydrogen-bond donors (Lipinski definition) is 2. The fraction of sp³-hybridized carbons (Fsp3) is 0.857. The van der Waals surface area contributed by atoms with Crippen molar-refractivity contribution in [1.82, 2.24) is 10.2 Å². The van der Waals surface area contributed by atoms with E-state index in [0.29, 0.717) is 25.4 Å². The van der Waals surface area contributed by atoms with Gasteiger partial charge in [0, 0.05) is 19.0 Å². The quantitative estimate of drug-likeness (QED) is 0.770. The average molecular weight is 268 g/mol. The van der Waals surface area contributed by atoms with Crippen LogP contribution in [-0.4, -0.2) is 47.1 Å². The first-order valence-electron chi connectivity index (χ1n) is 7.36. The Morgan fingerprint density at radius 3 is 2.74 bits per heavy atom. The molecule has 2 rings (SSSR count). The molecule has 1 heterocycles. The van der Waals surface area contributed by atoms with Crippen LogP contribution in [0.3, 0.4) is 0 Å². The van der Waals surface area contributed by atoms with E-state index in [1.165, 1.54) is 12.8 Å².